The van der Waals surface area contributed by atoms with Gasteiger partial charge in [0.15, 0.2) is 0 Å². The molecule has 0 aliphatic heterocycles. The van der Waals surface area contributed by atoms with Gasteiger partial charge in [0.2, 0.25) is 0 Å². The second kappa shape index (κ2) is 5.50. The molecule has 16 heavy (non-hydrogen) atoms. The first-order valence-corrected chi connectivity index (χ1v) is 8.77. The van der Waals surface area contributed by atoms with Gasteiger partial charge in [0.1, 0.15) is 0 Å². The molecular weight excluding hydrogens is 276 g/mol. The molecule has 0 bridgehead atoms. The molecule has 1 fully saturated rings. The molecule has 0 radical (unpaired) electrons. The van der Waals surface area contributed by atoms with E-state index >= 15 is 0 Å². The number of hydrogen-bond acceptors (Lipinski definition) is 3. The van der Waals surface area contributed by atoms with Crippen LogP contribution >= 0.6 is 27.4 Å². The zero-order valence-electron chi connectivity index (χ0n) is 8.47. The Balaban J connectivity index is 2.71. The molecule has 0 atom stereocenters. The molecule has 0 unspecified atom stereocenters. The lowest BCUT2D eigenvalue weighted by Gasteiger charge is -2.28. The van der Waals surface area contributed by atoms with E-state index in [2.05, 4.69) is 0 Å². The molecule has 0 aromatic heterocycles. The van der Waals surface area contributed by atoms with E-state index in [-0.39, 0.29) is 9.10 Å². The molecule has 96 valence electrons. The van der Waals surface area contributed by atoms with Gasteiger partial charge in [-0.3, -0.25) is 0 Å². The van der Waals surface area contributed by atoms with Crippen molar-refractivity contribution in [2.75, 3.05) is 0 Å². The van der Waals surface area contributed by atoms with Crippen LogP contribution < -0.4 is 0 Å². The van der Waals surface area contributed by atoms with E-state index in [1.807, 2.05) is 0 Å². The summed E-state index contributed by atoms with van der Waals surface area (Å²) in [6.07, 6.45) is 4.35. The summed E-state index contributed by atoms with van der Waals surface area (Å²) in [6.45, 7) is 0. The van der Waals surface area contributed by atoms with Crippen molar-refractivity contribution in [1.29, 1.82) is 0 Å². The van der Waals surface area contributed by atoms with Gasteiger partial charge < -0.3 is 19.6 Å². The van der Waals surface area contributed by atoms with Crippen molar-refractivity contribution in [3.05, 3.63) is 0 Å². The van der Waals surface area contributed by atoms with E-state index < -0.39 is 15.5 Å². The highest BCUT2D eigenvalue weighted by Crippen LogP contribution is 2.63. The zero-order chi connectivity index (χ0) is 12.4. The first kappa shape index (κ1) is 14.7. The minimum atomic E-state index is -4.93. The Morgan fingerprint density at radius 1 is 0.938 bits per heavy atom. The predicted octanol–water partition coefficient (Wildman–Crippen LogP) is 1.45. The van der Waals surface area contributed by atoms with Crippen molar-refractivity contribution >= 4 is 27.4 Å². The molecule has 10 heteroatoms. The van der Waals surface area contributed by atoms with E-state index in [4.69, 9.17) is 19.6 Å². The van der Waals surface area contributed by atoms with Gasteiger partial charge in [-0.15, -0.1) is 0 Å². The van der Waals surface area contributed by atoms with Crippen molar-refractivity contribution in [3.8, 4) is 0 Å². The minimum Gasteiger partial charge on any atom is -0.312 e. The smallest absolute Gasteiger partial charge is 0.312 e. The van der Waals surface area contributed by atoms with E-state index in [1.165, 1.54) is 0 Å². The Labute approximate surface area is 97.8 Å². The molecule has 0 spiro atoms. The highest BCUT2D eigenvalue weighted by molar-refractivity contribution is 8.06. The van der Waals surface area contributed by atoms with Gasteiger partial charge in [-0.2, -0.15) is 0 Å². The Bertz CT molecular complexity index is 299. The van der Waals surface area contributed by atoms with Crippen LogP contribution in [0, 0.1) is 0 Å². The molecule has 0 amide bonds. The summed E-state index contributed by atoms with van der Waals surface area (Å²) in [5.41, 5.74) is 0. The van der Waals surface area contributed by atoms with Gasteiger partial charge in [-0.05, 0) is 12.8 Å². The molecule has 7 nitrogen and oxygen atoms in total. The molecule has 4 N–H and O–H groups in total. The van der Waals surface area contributed by atoms with Crippen LogP contribution in [0.5, 0.6) is 0 Å². The molecule has 1 saturated carbocycles. The van der Waals surface area contributed by atoms with Gasteiger partial charge in [-0.1, -0.05) is 35.1 Å². The third kappa shape index (κ3) is 4.47. The normalized spacial score (nSPS) is 20.3. The third-order valence-electron chi connectivity index (χ3n) is 2.24. The maximum absolute atomic E-state index is 11.0. The second-order valence-electron chi connectivity index (χ2n) is 3.64. The quantitative estimate of drug-likeness (QED) is 0.454. The SMILES string of the molecule is O=P(O)(O)N(SC1CCCCC1)P(=O)(O)O. The average Bonchev–Trinajstić information content (AvgIpc) is 2.12. The molecule has 0 aromatic carbocycles. The van der Waals surface area contributed by atoms with Gasteiger partial charge in [0.05, 0.1) is 0 Å². The van der Waals surface area contributed by atoms with Crippen LogP contribution in [0.15, 0.2) is 0 Å². The summed E-state index contributed by atoms with van der Waals surface area (Å²) < 4.78 is 21.9. The average molecular weight is 291 g/mol. The first-order chi connectivity index (χ1) is 7.21. The highest BCUT2D eigenvalue weighted by Gasteiger charge is 2.42. The van der Waals surface area contributed by atoms with E-state index in [0.29, 0.717) is 11.9 Å². The first-order valence-electron chi connectivity index (χ1n) is 4.80. The van der Waals surface area contributed by atoms with E-state index in [1.54, 1.807) is 0 Å². The lowest BCUT2D eigenvalue weighted by Crippen LogP contribution is -2.17. The standard InChI is InChI=1S/C6H15NO6P2S/c8-14(9,10)7(15(11,12)13)16-6-4-2-1-3-5-6/h6H,1-5H2,(H2,8,9,10)(H2,11,12,13). The highest BCUT2D eigenvalue weighted by atomic mass is 32.2. The van der Waals surface area contributed by atoms with Crippen LogP contribution in [-0.4, -0.2) is 28.7 Å². The third-order valence-corrected chi connectivity index (χ3v) is 7.33. The zero-order valence-corrected chi connectivity index (χ0v) is 11.1. The van der Waals surface area contributed by atoms with Crippen LogP contribution in [0.2, 0.25) is 0 Å². The van der Waals surface area contributed by atoms with Crippen molar-refractivity contribution in [2.45, 2.75) is 37.4 Å². The molecule has 0 heterocycles. The van der Waals surface area contributed by atoms with E-state index in [0.717, 1.165) is 32.1 Å². The predicted molar refractivity (Wildman–Crippen MR) is 60.4 cm³/mol. The lowest BCUT2D eigenvalue weighted by atomic mass is 10.0. The summed E-state index contributed by atoms with van der Waals surface area (Å²) >= 11 is 0.587. The second-order valence-corrected chi connectivity index (χ2v) is 8.60. The Kier molecular flexibility index (Phi) is 5.04. The van der Waals surface area contributed by atoms with Crippen LogP contribution in [0.1, 0.15) is 32.1 Å². The van der Waals surface area contributed by atoms with Crippen molar-refractivity contribution in [2.24, 2.45) is 0 Å². The maximum Gasteiger partial charge on any atom is 0.422 e. The van der Waals surface area contributed by atoms with Gasteiger partial charge >= 0.3 is 15.5 Å². The van der Waals surface area contributed by atoms with Crippen LogP contribution in [0.4, 0.5) is 0 Å². The van der Waals surface area contributed by atoms with Crippen LogP contribution in [-0.2, 0) is 9.13 Å². The van der Waals surface area contributed by atoms with Gasteiger partial charge in [0.25, 0.3) is 0 Å². The number of hydrogen-bond donors (Lipinski definition) is 4. The molecule has 0 saturated heterocycles. The van der Waals surface area contributed by atoms with Crippen LogP contribution in [0.25, 0.3) is 0 Å². The van der Waals surface area contributed by atoms with Crippen molar-refractivity contribution in [3.63, 3.8) is 0 Å². The minimum absolute atomic E-state index is 0.0595. The monoisotopic (exact) mass is 291 g/mol. The summed E-state index contributed by atoms with van der Waals surface area (Å²) in [7, 11) is -9.86. The summed E-state index contributed by atoms with van der Waals surface area (Å²) in [5.74, 6) is 0. The number of rotatable bonds is 4. The summed E-state index contributed by atoms with van der Waals surface area (Å²) in [4.78, 5) is 35.5. The van der Waals surface area contributed by atoms with Gasteiger partial charge in [0, 0.05) is 5.25 Å². The van der Waals surface area contributed by atoms with Crippen molar-refractivity contribution in [1.82, 2.24) is 3.85 Å². The molecule has 1 aliphatic rings. The number of nitrogens with zero attached hydrogens (tertiary/aromatic N) is 1. The topological polar surface area (TPSA) is 118 Å². The molecular formula is C6H15NO6P2S. The molecule has 1 rings (SSSR count). The lowest BCUT2D eigenvalue weighted by molar-refractivity contribution is 0.309. The fourth-order valence-corrected chi connectivity index (χ4v) is 5.39. The Morgan fingerprint density at radius 2 is 1.38 bits per heavy atom. The Hall–Kier alpha value is 0.610. The van der Waals surface area contributed by atoms with Gasteiger partial charge in [-0.25, -0.2) is 9.13 Å². The Morgan fingerprint density at radius 3 is 1.75 bits per heavy atom. The maximum atomic E-state index is 11.0. The van der Waals surface area contributed by atoms with Crippen molar-refractivity contribution < 1.29 is 28.7 Å². The fourth-order valence-electron chi connectivity index (χ4n) is 1.58. The molecule has 0 aromatic rings. The fraction of sp³-hybridized carbons (Fsp3) is 1.00. The summed E-state index contributed by atoms with van der Waals surface area (Å²) in [5, 5.41) is -0.131. The molecule has 1 aliphatic carbocycles. The van der Waals surface area contributed by atoms with Crippen LogP contribution in [0.3, 0.4) is 0 Å². The largest absolute Gasteiger partial charge is 0.422 e. The summed E-state index contributed by atoms with van der Waals surface area (Å²) in [6, 6.07) is 0. The van der Waals surface area contributed by atoms with E-state index in [9.17, 15) is 9.13 Å².